The Morgan fingerprint density at radius 3 is 2.61 bits per heavy atom. The van der Waals surface area contributed by atoms with Crippen LogP contribution in [0.25, 0.3) is 16.7 Å². The maximum Gasteiger partial charge on any atom is 0.282 e. The summed E-state index contributed by atoms with van der Waals surface area (Å²) in [7, 11) is 1.52. The minimum atomic E-state index is -0.362. The molecule has 0 unspecified atom stereocenters. The van der Waals surface area contributed by atoms with Crippen LogP contribution in [0.2, 0.25) is 0 Å². The molecule has 1 N–H and O–H groups in total. The zero-order chi connectivity index (χ0) is 19.5. The van der Waals surface area contributed by atoms with Gasteiger partial charge in [-0.15, -0.1) is 0 Å². The highest BCUT2D eigenvalue weighted by Gasteiger charge is 2.21. The van der Waals surface area contributed by atoms with Crippen LogP contribution in [0.15, 0.2) is 60.8 Å². The molecule has 2 heterocycles. The van der Waals surface area contributed by atoms with E-state index in [0.717, 1.165) is 29.7 Å². The number of hydrogen-bond donors (Lipinski definition) is 1. The second-order valence-corrected chi connectivity index (χ2v) is 6.36. The average molecular weight is 375 g/mol. The van der Waals surface area contributed by atoms with Crippen LogP contribution in [0.4, 0.5) is 5.95 Å². The van der Waals surface area contributed by atoms with Crippen LogP contribution in [-0.2, 0) is 6.54 Å². The van der Waals surface area contributed by atoms with E-state index in [-0.39, 0.29) is 11.6 Å². The Bertz CT molecular complexity index is 1110. The molecule has 0 atom stereocenters. The molecular weight excluding hydrogens is 354 g/mol. The molecule has 4 rings (SSSR count). The number of amides is 1. The normalized spacial score (nSPS) is 10.9. The third kappa shape index (κ3) is 3.22. The Balaban J connectivity index is 1.68. The number of hydrogen-bond acceptors (Lipinski definition) is 4. The van der Waals surface area contributed by atoms with Gasteiger partial charge in [-0.05, 0) is 30.7 Å². The van der Waals surface area contributed by atoms with Crippen LogP contribution < -0.4 is 10.1 Å². The Morgan fingerprint density at radius 2 is 1.86 bits per heavy atom. The molecule has 0 saturated carbocycles. The Kier molecular flexibility index (Phi) is 4.80. The van der Waals surface area contributed by atoms with Gasteiger partial charge in [0.05, 0.1) is 30.0 Å². The molecule has 0 bridgehead atoms. The first-order valence-corrected chi connectivity index (χ1v) is 9.17. The Hall–Kier alpha value is -3.61. The molecule has 0 saturated heterocycles. The number of rotatable bonds is 6. The first-order valence-electron chi connectivity index (χ1n) is 9.17. The van der Waals surface area contributed by atoms with Gasteiger partial charge >= 0.3 is 0 Å². The minimum Gasteiger partial charge on any atom is -0.493 e. The molecule has 0 aliphatic heterocycles. The van der Waals surface area contributed by atoms with E-state index in [1.165, 1.54) is 7.11 Å². The summed E-state index contributed by atoms with van der Waals surface area (Å²) in [6.07, 6.45) is 2.62. The van der Waals surface area contributed by atoms with Crippen LogP contribution in [0.3, 0.4) is 0 Å². The number of carbonyl (C=O) groups is 1. The average Bonchev–Trinajstić information content (AvgIpc) is 3.31. The van der Waals surface area contributed by atoms with Crippen molar-refractivity contribution in [2.75, 3.05) is 12.4 Å². The molecule has 4 aromatic rings. The topological polar surface area (TPSA) is 74.0 Å². The van der Waals surface area contributed by atoms with E-state index in [4.69, 9.17) is 4.74 Å². The first-order chi connectivity index (χ1) is 13.7. The molecule has 0 spiro atoms. The van der Waals surface area contributed by atoms with Crippen LogP contribution in [0.1, 0.15) is 23.8 Å². The van der Waals surface area contributed by atoms with Crippen molar-refractivity contribution in [3.8, 4) is 11.4 Å². The van der Waals surface area contributed by atoms with E-state index in [1.54, 1.807) is 10.9 Å². The second kappa shape index (κ2) is 7.56. The van der Waals surface area contributed by atoms with Gasteiger partial charge < -0.3 is 9.30 Å². The number of carbonyl (C=O) groups excluding carboxylic acids is 1. The highest BCUT2D eigenvalue weighted by Crippen LogP contribution is 2.23. The molecule has 2 aromatic heterocycles. The fourth-order valence-electron chi connectivity index (χ4n) is 3.16. The smallest absolute Gasteiger partial charge is 0.282 e. The van der Waals surface area contributed by atoms with Gasteiger partial charge in [-0.2, -0.15) is 5.10 Å². The van der Waals surface area contributed by atoms with Gasteiger partial charge in [0.1, 0.15) is 0 Å². The lowest BCUT2D eigenvalue weighted by Crippen LogP contribution is -2.17. The Morgan fingerprint density at radius 1 is 1.11 bits per heavy atom. The molecule has 142 valence electrons. The maximum atomic E-state index is 13.0. The SMILES string of the molecule is CCCn1c(NC(=O)c2nn(-c3ccccc3)cc2OC)nc2ccccc21. The van der Waals surface area contributed by atoms with E-state index in [0.29, 0.717) is 11.7 Å². The molecule has 28 heavy (non-hydrogen) atoms. The quantitative estimate of drug-likeness (QED) is 0.555. The predicted molar refractivity (Wildman–Crippen MR) is 108 cm³/mol. The summed E-state index contributed by atoms with van der Waals surface area (Å²) in [6.45, 7) is 2.84. The zero-order valence-corrected chi connectivity index (χ0v) is 15.8. The number of fused-ring (bicyclic) bond motifs is 1. The molecule has 0 aliphatic carbocycles. The number of nitrogens with one attached hydrogen (secondary N) is 1. The standard InChI is InChI=1S/C21H21N5O2/c1-3-13-25-17-12-8-7-11-16(17)22-21(25)23-20(27)19-18(28-2)14-26(24-19)15-9-5-4-6-10-15/h4-12,14H,3,13H2,1-2H3,(H,22,23,27). The minimum absolute atomic E-state index is 0.210. The lowest BCUT2D eigenvalue weighted by atomic mass is 10.3. The number of methoxy groups -OCH3 is 1. The molecule has 7 heteroatoms. The van der Waals surface area contributed by atoms with E-state index in [2.05, 4.69) is 22.3 Å². The number of aryl methyl sites for hydroxylation is 1. The van der Waals surface area contributed by atoms with Gasteiger partial charge in [-0.25, -0.2) is 9.67 Å². The van der Waals surface area contributed by atoms with Crippen molar-refractivity contribution in [2.45, 2.75) is 19.9 Å². The number of anilines is 1. The van der Waals surface area contributed by atoms with Gasteiger partial charge in [-0.1, -0.05) is 37.3 Å². The second-order valence-electron chi connectivity index (χ2n) is 6.36. The summed E-state index contributed by atoms with van der Waals surface area (Å²) in [4.78, 5) is 17.5. The fraction of sp³-hybridized carbons (Fsp3) is 0.190. The van der Waals surface area contributed by atoms with Crippen LogP contribution in [0, 0.1) is 0 Å². The molecule has 0 aliphatic rings. The molecular formula is C21H21N5O2. The van der Waals surface area contributed by atoms with Crippen molar-refractivity contribution in [1.29, 1.82) is 0 Å². The summed E-state index contributed by atoms with van der Waals surface area (Å²) in [5.74, 6) is 0.545. The summed E-state index contributed by atoms with van der Waals surface area (Å²) in [5.41, 5.74) is 2.88. The van der Waals surface area contributed by atoms with E-state index < -0.39 is 0 Å². The van der Waals surface area contributed by atoms with Crippen molar-refractivity contribution < 1.29 is 9.53 Å². The number of aromatic nitrogens is 4. The van der Waals surface area contributed by atoms with Crippen LogP contribution >= 0.6 is 0 Å². The zero-order valence-electron chi connectivity index (χ0n) is 15.8. The number of imidazole rings is 1. The fourth-order valence-corrected chi connectivity index (χ4v) is 3.16. The monoisotopic (exact) mass is 375 g/mol. The number of benzene rings is 2. The van der Waals surface area contributed by atoms with Gasteiger partial charge in [0, 0.05) is 6.54 Å². The summed E-state index contributed by atoms with van der Waals surface area (Å²) in [5, 5.41) is 7.32. The molecule has 1 amide bonds. The highest BCUT2D eigenvalue weighted by atomic mass is 16.5. The lowest BCUT2D eigenvalue weighted by molar-refractivity contribution is 0.101. The highest BCUT2D eigenvalue weighted by molar-refractivity contribution is 6.04. The van der Waals surface area contributed by atoms with Crippen molar-refractivity contribution in [2.24, 2.45) is 0 Å². The molecule has 0 fully saturated rings. The predicted octanol–water partition coefficient (Wildman–Crippen LogP) is 3.89. The van der Waals surface area contributed by atoms with Crippen molar-refractivity contribution in [3.05, 3.63) is 66.5 Å². The van der Waals surface area contributed by atoms with Gasteiger partial charge in [0.2, 0.25) is 5.95 Å². The summed E-state index contributed by atoms with van der Waals surface area (Å²) >= 11 is 0. The molecule has 7 nitrogen and oxygen atoms in total. The first kappa shape index (κ1) is 17.8. The number of nitrogens with zero attached hydrogens (tertiary/aromatic N) is 4. The molecule has 0 radical (unpaired) electrons. The number of para-hydroxylation sites is 3. The van der Waals surface area contributed by atoms with Crippen molar-refractivity contribution >= 4 is 22.9 Å². The number of ether oxygens (including phenoxy) is 1. The van der Waals surface area contributed by atoms with E-state index in [1.807, 2.05) is 59.2 Å². The van der Waals surface area contributed by atoms with Gasteiger partial charge in [0.25, 0.3) is 5.91 Å². The maximum absolute atomic E-state index is 13.0. The Labute approximate surface area is 162 Å². The van der Waals surface area contributed by atoms with E-state index >= 15 is 0 Å². The van der Waals surface area contributed by atoms with Crippen LogP contribution in [-0.4, -0.2) is 32.3 Å². The van der Waals surface area contributed by atoms with Crippen molar-refractivity contribution in [1.82, 2.24) is 19.3 Å². The largest absolute Gasteiger partial charge is 0.493 e. The van der Waals surface area contributed by atoms with Crippen LogP contribution in [0.5, 0.6) is 5.75 Å². The lowest BCUT2D eigenvalue weighted by Gasteiger charge is -2.08. The van der Waals surface area contributed by atoms with E-state index in [9.17, 15) is 4.79 Å². The van der Waals surface area contributed by atoms with Crippen molar-refractivity contribution in [3.63, 3.8) is 0 Å². The van der Waals surface area contributed by atoms with Gasteiger partial charge in [0.15, 0.2) is 11.4 Å². The summed E-state index contributed by atoms with van der Waals surface area (Å²) in [6, 6.07) is 17.4. The third-order valence-electron chi connectivity index (χ3n) is 4.46. The molecule has 2 aromatic carbocycles. The third-order valence-corrected chi connectivity index (χ3v) is 4.46. The van der Waals surface area contributed by atoms with Gasteiger partial charge in [-0.3, -0.25) is 10.1 Å². The summed E-state index contributed by atoms with van der Waals surface area (Å²) < 4.78 is 9.01.